The van der Waals surface area contributed by atoms with Crippen LogP contribution < -0.4 is 5.09 Å². The summed E-state index contributed by atoms with van der Waals surface area (Å²) in [6.45, 7) is 25.1. The molecule has 190 valence electrons. The van der Waals surface area contributed by atoms with Crippen LogP contribution >= 0.6 is 7.26 Å². The lowest BCUT2D eigenvalue weighted by molar-refractivity contribution is -0.0175. The van der Waals surface area contributed by atoms with E-state index >= 15 is 0 Å². The van der Waals surface area contributed by atoms with E-state index in [2.05, 4.69) is 86.5 Å². The fourth-order valence-electron chi connectivity index (χ4n) is 5.49. The van der Waals surface area contributed by atoms with Crippen LogP contribution in [0.25, 0.3) is 0 Å². The van der Waals surface area contributed by atoms with Crippen LogP contribution in [0.4, 0.5) is 0 Å². The first-order chi connectivity index (χ1) is 14.3. The second kappa shape index (κ2) is 9.41. The summed E-state index contributed by atoms with van der Waals surface area (Å²) in [6, 6.07) is 0.0360. The van der Waals surface area contributed by atoms with Crippen molar-refractivity contribution < 1.29 is 19.2 Å². The van der Waals surface area contributed by atoms with Crippen LogP contribution in [0.3, 0.4) is 0 Å². The van der Waals surface area contributed by atoms with Crippen molar-refractivity contribution in [3.05, 3.63) is 0 Å². The molecular formula is C25H52NO4PSi. The molecule has 2 fully saturated rings. The Labute approximate surface area is 199 Å². The Hall–Kier alpha value is 0.317. The van der Waals surface area contributed by atoms with Gasteiger partial charge in [0.25, 0.3) is 0 Å². The van der Waals surface area contributed by atoms with Crippen molar-refractivity contribution in [3.8, 4) is 0 Å². The van der Waals surface area contributed by atoms with Crippen LogP contribution in [0, 0.1) is 28.6 Å². The maximum absolute atomic E-state index is 10.7. The van der Waals surface area contributed by atoms with Crippen molar-refractivity contribution in [1.82, 2.24) is 5.09 Å². The van der Waals surface area contributed by atoms with Crippen LogP contribution in [0.2, 0.25) is 18.1 Å². The van der Waals surface area contributed by atoms with E-state index in [0.29, 0.717) is 12.5 Å². The number of aliphatic hydroxyl groups excluding tert-OH is 2. The summed E-state index contributed by atoms with van der Waals surface area (Å²) in [4.78, 5) is 0. The molecule has 2 aliphatic carbocycles. The molecule has 0 radical (unpaired) electrons. The lowest BCUT2D eigenvalue weighted by Crippen LogP contribution is -2.51. The van der Waals surface area contributed by atoms with Gasteiger partial charge in [0.2, 0.25) is 0 Å². The predicted molar refractivity (Wildman–Crippen MR) is 141 cm³/mol. The van der Waals surface area contributed by atoms with Crippen LogP contribution in [0.1, 0.15) is 68.2 Å². The molecule has 3 N–H and O–H groups in total. The van der Waals surface area contributed by atoms with Crippen molar-refractivity contribution in [1.29, 1.82) is 0 Å². The topological polar surface area (TPSA) is 71.0 Å². The second-order valence-electron chi connectivity index (χ2n) is 13.4. The first-order valence-corrected chi connectivity index (χ1v) is 17.6. The van der Waals surface area contributed by atoms with Gasteiger partial charge in [0.15, 0.2) is 8.32 Å². The molecule has 0 bridgehead atoms. The van der Waals surface area contributed by atoms with Crippen molar-refractivity contribution >= 4 is 21.9 Å². The highest BCUT2D eigenvalue weighted by molar-refractivity contribution is 7.66. The molecule has 2 saturated carbocycles. The molecule has 3 unspecified atom stereocenters. The van der Waals surface area contributed by atoms with Crippen LogP contribution in [0.5, 0.6) is 0 Å². The van der Waals surface area contributed by atoms with Crippen molar-refractivity contribution in [3.63, 3.8) is 0 Å². The zero-order valence-electron chi connectivity index (χ0n) is 22.7. The minimum atomic E-state index is -2.16. The molecule has 2 aliphatic rings. The van der Waals surface area contributed by atoms with Gasteiger partial charge in [-0.1, -0.05) is 61.7 Å². The van der Waals surface area contributed by atoms with Gasteiger partial charge < -0.3 is 19.2 Å². The molecule has 32 heavy (non-hydrogen) atoms. The van der Waals surface area contributed by atoms with Gasteiger partial charge >= 0.3 is 0 Å². The van der Waals surface area contributed by atoms with E-state index in [1.165, 1.54) is 0 Å². The average molecular weight is 490 g/mol. The first-order valence-electron chi connectivity index (χ1n) is 12.4. The zero-order chi connectivity index (χ0) is 24.9. The summed E-state index contributed by atoms with van der Waals surface area (Å²) < 4.78 is 13.4. The van der Waals surface area contributed by atoms with E-state index < -0.39 is 15.6 Å². The summed E-state index contributed by atoms with van der Waals surface area (Å²) in [7, 11) is -4.12. The highest BCUT2D eigenvalue weighted by atomic mass is 31.2. The van der Waals surface area contributed by atoms with E-state index in [4.69, 9.17) is 8.95 Å². The zero-order valence-corrected chi connectivity index (χ0v) is 24.6. The van der Waals surface area contributed by atoms with Crippen LogP contribution in [-0.4, -0.2) is 63.0 Å². The van der Waals surface area contributed by atoms with Gasteiger partial charge in [-0.15, -0.1) is 0 Å². The summed E-state index contributed by atoms with van der Waals surface area (Å²) in [5.74, 6) is 0.781. The van der Waals surface area contributed by atoms with Gasteiger partial charge in [0.1, 0.15) is 0 Å². The molecule has 0 aromatic carbocycles. The predicted octanol–water partition coefficient (Wildman–Crippen LogP) is 5.34. The number of nitrogens with one attached hydrogen (secondary N) is 1. The SMILES string of the molecule is C=P(C)(NC1[C@@H](CO)C[C@@H](C)[C@H]1O[Si](C)(C)C(C)(C)C)OCC1(C)C[C@@H](C)[C@@H](O)C1(C)C. The molecule has 0 aromatic heterocycles. The van der Waals surface area contributed by atoms with Crippen molar-refractivity contribution in [2.75, 3.05) is 19.9 Å². The van der Waals surface area contributed by atoms with E-state index in [-0.39, 0.29) is 52.6 Å². The van der Waals surface area contributed by atoms with Gasteiger partial charge in [-0.25, -0.2) is 0 Å². The first kappa shape index (κ1) is 28.6. The Morgan fingerprint density at radius 1 is 1.16 bits per heavy atom. The van der Waals surface area contributed by atoms with E-state index in [1.54, 1.807) is 0 Å². The molecule has 0 saturated heterocycles. The van der Waals surface area contributed by atoms with E-state index in [0.717, 1.165) is 12.8 Å². The molecule has 8 atom stereocenters. The maximum Gasteiger partial charge on any atom is 0.192 e. The fraction of sp³-hybridized carbons (Fsp3) is 0.960. The minimum Gasteiger partial charge on any atom is -0.412 e. The van der Waals surface area contributed by atoms with Gasteiger partial charge in [0, 0.05) is 18.6 Å². The third kappa shape index (κ3) is 5.58. The second-order valence-corrected chi connectivity index (χ2v) is 20.9. The lowest BCUT2D eigenvalue weighted by Gasteiger charge is -2.43. The highest BCUT2D eigenvalue weighted by Gasteiger charge is 2.55. The minimum absolute atomic E-state index is 0.0360. The summed E-state index contributed by atoms with van der Waals surface area (Å²) >= 11 is 0. The third-order valence-electron chi connectivity index (χ3n) is 9.27. The van der Waals surface area contributed by atoms with Gasteiger partial charge in [-0.05, 0) is 60.3 Å². The Kier molecular flexibility index (Phi) is 8.39. The molecular weight excluding hydrogens is 437 g/mol. The van der Waals surface area contributed by atoms with Crippen LogP contribution in [0.15, 0.2) is 0 Å². The number of hydrogen-bond acceptors (Lipinski definition) is 5. The largest absolute Gasteiger partial charge is 0.412 e. The highest BCUT2D eigenvalue weighted by Crippen LogP contribution is 2.57. The lowest BCUT2D eigenvalue weighted by atomic mass is 9.69. The van der Waals surface area contributed by atoms with Crippen molar-refractivity contribution in [2.45, 2.75) is 105 Å². The number of aliphatic hydroxyl groups is 2. The van der Waals surface area contributed by atoms with E-state index in [1.807, 2.05) is 0 Å². The number of rotatable bonds is 8. The summed E-state index contributed by atoms with van der Waals surface area (Å²) in [6.07, 6.45) is 6.09. The third-order valence-corrected chi connectivity index (χ3v) is 15.3. The fourth-order valence-corrected chi connectivity index (χ4v) is 8.54. The molecule has 0 amide bonds. The Balaban J connectivity index is 2.17. The number of hydrogen-bond donors (Lipinski definition) is 3. The Bertz CT molecular complexity index is 707. The molecule has 2 rings (SSSR count). The van der Waals surface area contributed by atoms with Crippen LogP contribution in [-0.2, 0) is 8.95 Å². The normalized spacial score (nSPS) is 39.9. The average Bonchev–Trinajstić information content (AvgIpc) is 2.99. The van der Waals surface area contributed by atoms with Gasteiger partial charge in [-0.3, -0.25) is 5.09 Å². The molecule has 5 nitrogen and oxygen atoms in total. The van der Waals surface area contributed by atoms with E-state index in [9.17, 15) is 10.2 Å². The Morgan fingerprint density at radius 3 is 2.16 bits per heavy atom. The van der Waals surface area contributed by atoms with Crippen molar-refractivity contribution in [2.24, 2.45) is 28.6 Å². The molecule has 0 heterocycles. The molecule has 0 aliphatic heterocycles. The monoisotopic (exact) mass is 489 g/mol. The smallest absolute Gasteiger partial charge is 0.192 e. The molecule has 7 heteroatoms. The summed E-state index contributed by atoms with van der Waals surface area (Å²) in [5.41, 5.74) is -0.321. The standard InChI is InChI=1S/C25H52NO4PSi/c1-17-13-19(15-27)20(21(17)30-32(11,12)23(3,4)5)26-31(9,10)29-16-25(8)14-18(2)22(28)24(25,6)7/h17-22,26-28H,9,13-16H2,1-8,10-12H3/t17-,18-,19-,20?,21-,22-,25?,31?/m1/s1. The maximum atomic E-state index is 10.7. The van der Waals surface area contributed by atoms with Gasteiger partial charge in [0.05, 0.1) is 26.1 Å². The molecule has 0 aromatic rings. The Morgan fingerprint density at radius 2 is 1.72 bits per heavy atom. The summed E-state index contributed by atoms with van der Waals surface area (Å²) in [5, 5.41) is 24.7. The molecule has 0 spiro atoms. The van der Waals surface area contributed by atoms with Gasteiger partial charge in [-0.2, -0.15) is 0 Å². The quantitative estimate of drug-likeness (QED) is 0.317.